The average molecular weight is 304 g/mol. The van der Waals surface area contributed by atoms with Gasteiger partial charge in [0.1, 0.15) is 11.5 Å². The highest BCUT2D eigenvalue weighted by atomic mass is 32.1. The number of carbonyl (C=O) groups is 1. The third-order valence-corrected chi connectivity index (χ3v) is 4.77. The molecule has 0 bridgehead atoms. The number of nitrogens with zero attached hydrogens (tertiary/aromatic N) is 2. The number of likely N-dealkylation sites (tertiary alicyclic amines) is 1. The molecule has 5 heteroatoms. The van der Waals surface area contributed by atoms with Crippen LogP contribution in [0.15, 0.2) is 28.1 Å². The van der Waals surface area contributed by atoms with Crippen LogP contribution in [0, 0.1) is 0 Å². The van der Waals surface area contributed by atoms with Crippen molar-refractivity contribution in [2.75, 3.05) is 6.54 Å². The Morgan fingerprint density at radius 2 is 2.48 bits per heavy atom. The number of amides is 1. The Hall–Kier alpha value is -1.62. The fraction of sp³-hybridized carbons (Fsp3) is 0.500. The fourth-order valence-electron chi connectivity index (χ4n) is 2.89. The number of hydrogen-bond acceptors (Lipinski definition) is 4. The summed E-state index contributed by atoms with van der Waals surface area (Å²) in [5.74, 6) is 1.12. The molecular weight excluding hydrogens is 284 g/mol. The summed E-state index contributed by atoms with van der Waals surface area (Å²) in [6.45, 7) is 2.94. The third kappa shape index (κ3) is 3.18. The van der Waals surface area contributed by atoms with Gasteiger partial charge in [-0.2, -0.15) is 0 Å². The van der Waals surface area contributed by atoms with Gasteiger partial charge in [-0.3, -0.25) is 4.79 Å². The lowest BCUT2D eigenvalue weighted by atomic mass is 10.1. The van der Waals surface area contributed by atoms with E-state index in [1.165, 1.54) is 0 Å². The van der Waals surface area contributed by atoms with E-state index in [1.807, 2.05) is 28.5 Å². The van der Waals surface area contributed by atoms with Crippen LogP contribution in [0.25, 0.3) is 0 Å². The van der Waals surface area contributed by atoms with Gasteiger partial charge in [-0.1, -0.05) is 18.1 Å². The van der Waals surface area contributed by atoms with Crippen molar-refractivity contribution >= 4 is 17.2 Å². The van der Waals surface area contributed by atoms with Crippen LogP contribution in [0.5, 0.6) is 0 Å². The van der Waals surface area contributed by atoms with Crippen molar-refractivity contribution in [1.82, 2.24) is 10.1 Å². The van der Waals surface area contributed by atoms with Gasteiger partial charge in [0.05, 0.1) is 12.5 Å². The smallest absolute Gasteiger partial charge is 0.228 e. The number of aromatic nitrogens is 1. The van der Waals surface area contributed by atoms with Crippen LogP contribution in [0.1, 0.15) is 48.6 Å². The number of aryl methyl sites for hydroxylation is 1. The number of thiophene rings is 1. The second-order valence-electron chi connectivity index (χ2n) is 5.47. The highest BCUT2D eigenvalue weighted by Gasteiger charge is 2.32. The minimum Gasteiger partial charge on any atom is -0.361 e. The minimum absolute atomic E-state index is 0.0896. The van der Waals surface area contributed by atoms with Crippen LogP contribution in [0.3, 0.4) is 0 Å². The number of rotatable bonds is 5. The van der Waals surface area contributed by atoms with E-state index in [1.54, 1.807) is 11.3 Å². The van der Waals surface area contributed by atoms with Crippen LogP contribution < -0.4 is 0 Å². The predicted octanol–water partition coefficient (Wildman–Crippen LogP) is 3.59. The van der Waals surface area contributed by atoms with Crippen molar-refractivity contribution < 1.29 is 9.32 Å². The van der Waals surface area contributed by atoms with Gasteiger partial charge >= 0.3 is 0 Å². The quantitative estimate of drug-likeness (QED) is 0.848. The molecule has 0 spiro atoms. The highest BCUT2D eigenvalue weighted by Crippen LogP contribution is 2.32. The van der Waals surface area contributed by atoms with Crippen molar-refractivity contribution in [1.29, 1.82) is 0 Å². The molecule has 0 saturated carbocycles. The Morgan fingerprint density at radius 1 is 1.57 bits per heavy atom. The summed E-state index contributed by atoms with van der Waals surface area (Å²) >= 11 is 1.64. The molecule has 3 heterocycles. The summed E-state index contributed by atoms with van der Waals surface area (Å²) in [5, 5.41) is 6.19. The van der Waals surface area contributed by atoms with E-state index in [0.29, 0.717) is 6.42 Å². The van der Waals surface area contributed by atoms with E-state index in [4.69, 9.17) is 4.52 Å². The first-order chi connectivity index (χ1) is 10.3. The molecule has 0 N–H and O–H groups in total. The zero-order valence-electron chi connectivity index (χ0n) is 12.2. The summed E-state index contributed by atoms with van der Waals surface area (Å²) in [6, 6.07) is 6.11. The van der Waals surface area contributed by atoms with E-state index >= 15 is 0 Å². The molecule has 1 amide bonds. The standard InChI is InChI=1S/C16H20N2O2S/c1-2-5-12-10-14(17-20-12)15-7-3-8-18(15)16(19)11-13-6-4-9-21-13/h4,6,9-10,15H,2-3,5,7-8,11H2,1H3/t15-/m0/s1. The largest absolute Gasteiger partial charge is 0.361 e. The van der Waals surface area contributed by atoms with Gasteiger partial charge in [-0.25, -0.2) is 0 Å². The van der Waals surface area contributed by atoms with E-state index in [9.17, 15) is 4.79 Å². The molecule has 2 aromatic rings. The summed E-state index contributed by atoms with van der Waals surface area (Å²) in [6.07, 6.45) is 4.46. The Morgan fingerprint density at radius 3 is 3.24 bits per heavy atom. The molecule has 4 nitrogen and oxygen atoms in total. The molecule has 1 aliphatic heterocycles. The maximum absolute atomic E-state index is 12.5. The second-order valence-corrected chi connectivity index (χ2v) is 6.50. The van der Waals surface area contributed by atoms with Crippen molar-refractivity contribution in [3.05, 3.63) is 39.9 Å². The van der Waals surface area contributed by atoms with Gasteiger partial charge < -0.3 is 9.42 Å². The van der Waals surface area contributed by atoms with E-state index < -0.39 is 0 Å². The van der Waals surface area contributed by atoms with E-state index in [-0.39, 0.29) is 11.9 Å². The van der Waals surface area contributed by atoms with Gasteiger partial charge in [0.15, 0.2) is 0 Å². The van der Waals surface area contributed by atoms with Crippen LogP contribution >= 0.6 is 11.3 Å². The van der Waals surface area contributed by atoms with Crippen molar-refractivity contribution in [3.8, 4) is 0 Å². The van der Waals surface area contributed by atoms with E-state index in [0.717, 1.165) is 48.6 Å². The number of hydrogen-bond donors (Lipinski definition) is 0. The molecule has 112 valence electrons. The Kier molecular flexibility index (Phi) is 4.39. The van der Waals surface area contributed by atoms with Gasteiger partial charge in [0, 0.05) is 23.9 Å². The molecule has 0 aliphatic carbocycles. The predicted molar refractivity (Wildman–Crippen MR) is 82.2 cm³/mol. The third-order valence-electron chi connectivity index (χ3n) is 3.89. The summed E-state index contributed by atoms with van der Waals surface area (Å²) < 4.78 is 5.37. The van der Waals surface area contributed by atoms with Crippen LogP contribution in [0.4, 0.5) is 0 Å². The van der Waals surface area contributed by atoms with Crippen LogP contribution in [-0.2, 0) is 17.6 Å². The fourth-order valence-corrected chi connectivity index (χ4v) is 3.58. The molecule has 1 fully saturated rings. The molecule has 0 aromatic carbocycles. The lowest BCUT2D eigenvalue weighted by Crippen LogP contribution is -2.31. The molecule has 1 aliphatic rings. The highest BCUT2D eigenvalue weighted by molar-refractivity contribution is 7.10. The molecule has 0 unspecified atom stereocenters. The first-order valence-electron chi connectivity index (χ1n) is 7.55. The molecule has 3 rings (SSSR count). The van der Waals surface area contributed by atoms with Crippen molar-refractivity contribution in [2.24, 2.45) is 0 Å². The molecule has 2 aromatic heterocycles. The summed E-state index contributed by atoms with van der Waals surface area (Å²) in [5.41, 5.74) is 0.912. The van der Waals surface area contributed by atoms with Crippen LogP contribution in [-0.4, -0.2) is 22.5 Å². The van der Waals surface area contributed by atoms with Crippen molar-refractivity contribution in [2.45, 2.75) is 45.1 Å². The van der Waals surface area contributed by atoms with Gasteiger partial charge in [0.2, 0.25) is 5.91 Å². The first-order valence-corrected chi connectivity index (χ1v) is 8.43. The summed E-state index contributed by atoms with van der Waals surface area (Å²) in [4.78, 5) is 15.6. The Bertz CT molecular complexity index is 591. The van der Waals surface area contributed by atoms with Crippen LogP contribution in [0.2, 0.25) is 0 Å². The van der Waals surface area contributed by atoms with E-state index in [2.05, 4.69) is 12.1 Å². The zero-order valence-corrected chi connectivity index (χ0v) is 13.1. The zero-order chi connectivity index (χ0) is 14.7. The van der Waals surface area contributed by atoms with Crippen molar-refractivity contribution in [3.63, 3.8) is 0 Å². The molecule has 0 radical (unpaired) electrons. The summed E-state index contributed by atoms with van der Waals surface area (Å²) in [7, 11) is 0. The monoisotopic (exact) mass is 304 g/mol. The second kappa shape index (κ2) is 6.43. The Balaban J connectivity index is 1.70. The Labute approximate surface area is 128 Å². The maximum atomic E-state index is 12.5. The molecule has 21 heavy (non-hydrogen) atoms. The average Bonchev–Trinajstić information content (AvgIpc) is 3.19. The molecule has 1 saturated heterocycles. The first kappa shape index (κ1) is 14.3. The lowest BCUT2D eigenvalue weighted by molar-refractivity contribution is -0.131. The maximum Gasteiger partial charge on any atom is 0.228 e. The number of carbonyl (C=O) groups excluding carboxylic acids is 1. The molecular formula is C16H20N2O2S. The van der Waals surface area contributed by atoms with Gasteiger partial charge in [-0.15, -0.1) is 11.3 Å². The van der Waals surface area contributed by atoms with Gasteiger partial charge in [0.25, 0.3) is 0 Å². The van der Waals surface area contributed by atoms with Gasteiger partial charge in [-0.05, 0) is 30.7 Å². The molecule has 1 atom stereocenters. The normalized spacial score (nSPS) is 18.3. The SMILES string of the molecule is CCCc1cc([C@@H]2CCCN2C(=O)Cc2cccs2)no1. The topological polar surface area (TPSA) is 46.3 Å². The minimum atomic E-state index is 0.0896. The lowest BCUT2D eigenvalue weighted by Gasteiger charge is -2.22.